The number of ether oxygens (including phenoxy) is 3. The molecule has 6 heteroatoms. The highest BCUT2D eigenvalue weighted by Crippen LogP contribution is 2.17. The zero-order valence-electron chi connectivity index (χ0n) is 36.8. The van der Waals surface area contributed by atoms with Crippen LogP contribution in [0.25, 0.3) is 0 Å². The number of esters is 3. The van der Waals surface area contributed by atoms with Gasteiger partial charge in [0.15, 0.2) is 6.10 Å². The number of unbranched alkanes of at least 4 members (excludes halogenated alkanes) is 27. The summed E-state index contributed by atoms with van der Waals surface area (Å²) < 4.78 is 16.7. The van der Waals surface area contributed by atoms with E-state index in [1.54, 1.807) is 0 Å². The Morgan fingerprint density at radius 3 is 0.907 bits per heavy atom. The molecule has 0 spiro atoms. The molecule has 54 heavy (non-hydrogen) atoms. The lowest BCUT2D eigenvalue weighted by molar-refractivity contribution is -0.167. The zero-order valence-corrected chi connectivity index (χ0v) is 36.8. The fraction of sp³-hybridized carbons (Fsp3) is 0.938. The second-order valence-corrected chi connectivity index (χ2v) is 17.3. The summed E-state index contributed by atoms with van der Waals surface area (Å²) in [7, 11) is 0. The molecule has 0 aliphatic heterocycles. The third kappa shape index (κ3) is 41.6. The van der Waals surface area contributed by atoms with Gasteiger partial charge in [-0.1, -0.05) is 221 Å². The molecule has 0 heterocycles. The van der Waals surface area contributed by atoms with Crippen LogP contribution in [0.5, 0.6) is 0 Å². The summed E-state index contributed by atoms with van der Waals surface area (Å²) in [6.45, 7) is 11.3. The Morgan fingerprint density at radius 2 is 0.611 bits per heavy atom. The second kappa shape index (κ2) is 41.1. The van der Waals surface area contributed by atoms with E-state index >= 15 is 0 Å². The van der Waals surface area contributed by atoms with Crippen molar-refractivity contribution in [2.75, 3.05) is 13.2 Å². The summed E-state index contributed by atoms with van der Waals surface area (Å²) in [4.78, 5) is 37.7. The van der Waals surface area contributed by atoms with Crippen molar-refractivity contribution in [1.82, 2.24) is 0 Å². The molecule has 0 aromatic carbocycles. The van der Waals surface area contributed by atoms with Gasteiger partial charge in [0.05, 0.1) is 0 Å². The fourth-order valence-electron chi connectivity index (χ4n) is 7.11. The van der Waals surface area contributed by atoms with Crippen molar-refractivity contribution in [2.24, 2.45) is 11.8 Å². The number of hydrogen-bond donors (Lipinski definition) is 0. The van der Waals surface area contributed by atoms with E-state index in [1.165, 1.54) is 148 Å². The van der Waals surface area contributed by atoms with E-state index < -0.39 is 6.10 Å². The standard InChI is InChI=1S/C48H92O6/c1-6-7-8-9-10-11-15-20-23-30-35-40-48(51)54-45(42-53-47(50)39-34-29-25-24-27-32-37-44(4)5)41-52-46(49)38-33-28-22-19-17-14-12-13-16-18-21-26-31-36-43(2)3/h43-45H,6-42H2,1-5H3/t45-/m1/s1. The molecule has 0 N–H and O–H groups in total. The minimum Gasteiger partial charge on any atom is -0.462 e. The van der Waals surface area contributed by atoms with Crippen LogP contribution >= 0.6 is 0 Å². The predicted molar refractivity (Wildman–Crippen MR) is 229 cm³/mol. The molecule has 320 valence electrons. The van der Waals surface area contributed by atoms with Crippen LogP contribution < -0.4 is 0 Å². The lowest BCUT2D eigenvalue weighted by atomic mass is 10.0. The van der Waals surface area contributed by atoms with Gasteiger partial charge in [0.2, 0.25) is 0 Å². The van der Waals surface area contributed by atoms with Crippen molar-refractivity contribution in [3.63, 3.8) is 0 Å². The molecule has 6 nitrogen and oxygen atoms in total. The zero-order chi connectivity index (χ0) is 39.7. The van der Waals surface area contributed by atoms with Gasteiger partial charge in [-0.2, -0.15) is 0 Å². The minimum absolute atomic E-state index is 0.0650. The van der Waals surface area contributed by atoms with E-state index in [2.05, 4.69) is 34.6 Å². The molecule has 0 aliphatic carbocycles. The van der Waals surface area contributed by atoms with E-state index in [0.717, 1.165) is 69.6 Å². The lowest BCUT2D eigenvalue weighted by Gasteiger charge is -2.18. The van der Waals surface area contributed by atoms with E-state index in [4.69, 9.17) is 14.2 Å². The summed E-state index contributed by atoms with van der Waals surface area (Å²) in [6, 6.07) is 0. The molecule has 0 saturated heterocycles. The van der Waals surface area contributed by atoms with Gasteiger partial charge < -0.3 is 14.2 Å². The van der Waals surface area contributed by atoms with Crippen molar-refractivity contribution in [2.45, 2.75) is 265 Å². The Balaban J connectivity index is 4.27. The molecule has 0 rings (SSSR count). The van der Waals surface area contributed by atoms with Crippen molar-refractivity contribution in [3.8, 4) is 0 Å². The van der Waals surface area contributed by atoms with E-state index in [9.17, 15) is 14.4 Å². The molecule has 0 bridgehead atoms. The lowest BCUT2D eigenvalue weighted by Crippen LogP contribution is -2.30. The first kappa shape index (κ1) is 52.4. The van der Waals surface area contributed by atoms with E-state index in [-0.39, 0.29) is 31.1 Å². The molecule has 0 amide bonds. The topological polar surface area (TPSA) is 78.9 Å². The van der Waals surface area contributed by atoms with Crippen LogP contribution in [0.3, 0.4) is 0 Å². The Morgan fingerprint density at radius 1 is 0.352 bits per heavy atom. The van der Waals surface area contributed by atoms with Crippen molar-refractivity contribution >= 4 is 17.9 Å². The van der Waals surface area contributed by atoms with Crippen LogP contribution in [0.1, 0.15) is 259 Å². The Kier molecular flexibility index (Phi) is 39.8. The summed E-state index contributed by atoms with van der Waals surface area (Å²) >= 11 is 0. The third-order valence-electron chi connectivity index (χ3n) is 10.7. The smallest absolute Gasteiger partial charge is 0.306 e. The number of carbonyl (C=O) groups excluding carboxylic acids is 3. The highest BCUT2D eigenvalue weighted by atomic mass is 16.6. The summed E-state index contributed by atoms with van der Waals surface area (Å²) in [5.41, 5.74) is 0. The van der Waals surface area contributed by atoms with Gasteiger partial charge in [0.25, 0.3) is 0 Å². The normalized spacial score (nSPS) is 12.1. The Labute approximate surface area is 336 Å². The van der Waals surface area contributed by atoms with Crippen LogP contribution in [0.2, 0.25) is 0 Å². The van der Waals surface area contributed by atoms with Crippen LogP contribution in [-0.2, 0) is 28.6 Å². The largest absolute Gasteiger partial charge is 0.462 e. The van der Waals surface area contributed by atoms with Crippen molar-refractivity contribution < 1.29 is 28.6 Å². The molecule has 0 aliphatic rings. The molecular weight excluding hydrogens is 673 g/mol. The van der Waals surface area contributed by atoms with Gasteiger partial charge in [-0.05, 0) is 31.1 Å². The summed E-state index contributed by atoms with van der Waals surface area (Å²) in [5, 5.41) is 0. The Bertz CT molecular complexity index is 824. The molecule has 1 atom stereocenters. The molecular formula is C48H92O6. The highest BCUT2D eigenvalue weighted by Gasteiger charge is 2.19. The average Bonchev–Trinajstić information content (AvgIpc) is 3.14. The third-order valence-corrected chi connectivity index (χ3v) is 10.7. The van der Waals surface area contributed by atoms with Gasteiger partial charge in [-0.25, -0.2) is 0 Å². The van der Waals surface area contributed by atoms with Crippen molar-refractivity contribution in [3.05, 3.63) is 0 Å². The minimum atomic E-state index is -0.760. The maximum absolute atomic E-state index is 12.7. The quantitative estimate of drug-likeness (QED) is 0.0350. The summed E-state index contributed by atoms with van der Waals surface area (Å²) in [5.74, 6) is 0.744. The maximum atomic E-state index is 12.7. The molecule has 0 radical (unpaired) electrons. The molecule has 0 aromatic heterocycles. The van der Waals surface area contributed by atoms with Crippen LogP contribution in [0, 0.1) is 11.8 Å². The first-order valence-corrected chi connectivity index (χ1v) is 23.7. The average molecular weight is 765 g/mol. The van der Waals surface area contributed by atoms with Crippen LogP contribution in [0.4, 0.5) is 0 Å². The van der Waals surface area contributed by atoms with Crippen LogP contribution in [-0.4, -0.2) is 37.2 Å². The van der Waals surface area contributed by atoms with Crippen molar-refractivity contribution in [1.29, 1.82) is 0 Å². The van der Waals surface area contributed by atoms with Gasteiger partial charge in [-0.3, -0.25) is 14.4 Å². The van der Waals surface area contributed by atoms with Gasteiger partial charge >= 0.3 is 17.9 Å². The highest BCUT2D eigenvalue weighted by molar-refractivity contribution is 5.71. The van der Waals surface area contributed by atoms with Gasteiger partial charge in [-0.15, -0.1) is 0 Å². The van der Waals surface area contributed by atoms with E-state index in [1.807, 2.05) is 0 Å². The first-order valence-electron chi connectivity index (χ1n) is 23.7. The Hall–Kier alpha value is -1.59. The predicted octanol–water partition coefficient (Wildman–Crippen LogP) is 15.0. The number of carbonyl (C=O) groups is 3. The van der Waals surface area contributed by atoms with Gasteiger partial charge in [0.1, 0.15) is 13.2 Å². The van der Waals surface area contributed by atoms with E-state index in [0.29, 0.717) is 19.3 Å². The first-order chi connectivity index (χ1) is 26.2. The monoisotopic (exact) mass is 765 g/mol. The fourth-order valence-corrected chi connectivity index (χ4v) is 7.11. The number of rotatable bonds is 42. The SMILES string of the molecule is CCCCCCCCCCCCCC(=O)O[C@H](COC(=O)CCCCCCCCCCCCCCCC(C)C)COC(=O)CCCCCCCCC(C)C. The second-order valence-electron chi connectivity index (χ2n) is 17.3. The molecule has 0 fully saturated rings. The molecule has 0 aromatic rings. The molecule has 0 saturated carbocycles. The van der Waals surface area contributed by atoms with Crippen LogP contribution in [0.15, 0.2) is 0 Å². The number of hydrogen-bond acceptors (Lipinski definition) is 6. The maximum Gasteiger partial charge on any atom is 0.306 e. The molecule has 0 unspecified atom stereocenters. The van der Waals surface area contributed by atoms with Gasteiger partial charge in [0, 0.05) is 19.3 Å². The summed E-state index contributed by atoms with van der Waals surface area (Å²) in [6.07, 6.45) is 39.6.